The Kier molecular flexibility index (Phi) is 8.22. The van der Waals surface area contributed by atoms with Crippen LogP contribution in [0, 0.1) is 0 Å². The van der Waals surface area contributed by atoms with Crippen LogP contribution in [0.1, 0.15) is 0 Å². The third kappa shape index (κ3) is 6.61. The lowest BCUT2D eigenvalue weighted by Crippen LogP contribution is -2.52. The molecule has 0 aromatic rings. The number of rotatable bonds is 0. The van der Waals surface area contributed by atoms with Gasteiger partial charge in [-0.05, 0) is 0 Å². The van der Waals surface area contributed by atoms with Gasteiger partial charge in [0.05, 0.1) is 60.5 Å². The predicted octanol–water partition coefficient (Wildman–Crippen LogP) is 3.97. The Morgan fingerprint density at radius 2 is 0.529 bits per heavy atom. The van der Waals surface area contributed by atoms with Crippen molar-refractivity contribution in [1.82, 2.24) is 0 Å². The minimum Gasteiger partial charge on any atom is -0.333 e. The third-order valence-corrected chi connectivity index (χ3v) is 5.86. The number of alkyl halides is 6. The second-order valence-corrected chi connectivity index (χ2v) is 8.37. The van der Waals surface area contributed by atoms with Crippen LogP contribution in [0.25, 0.3) is 0 Å². The Labute approximate surface area is 134 Å². The van der Waals surface area contributed by atoms with E-state index in [0.717, 1.165) is 4.48 Å². The van der Waals surface area contributed by atoms with Crippen molar-refractivity contribution in [1.29, 1.82) is 0 Å². The molecule has 0 aliphatic heterocycles. The number of hydrogen-bond acceptors (Lipinski definition) is 0. The number of quaternary nitrogens is 1. The molecule has 0 N–H and O–H groups in total. The first kappa shape index (κ1) is 18.7. The van der Waals surface area contributed by atoms with Crippen LogP contribution in [0.15, 0.2) is 0 Å². The lowest BCUT2D eigenvalue weighted by molar-refractivity contribution is -0.849. The van der Waals surface area contributed by atoms with Crippen LogP contribution in [0.5, 0.6) is 0 Å². The maximum Gasteiger partial charge on any atom is 0.0693 e. The van der Waals surface area contributed by atoms with Gasteiger partial charge in [0, 0.05) is 0 Å². The van der Waals surface area contributed by atoms with E-state index in [2.05, 4.69) is 28.2 Å². The molecule has 0 aromatic heterocycles. The van der Waals surface area contributed by atoms with Gasteiger partial charge < -0.3 is 4.48 Å². The van der Waals surface area contributed by atoms with E-state index in [4.69, 9.17) is 69.6 Å². The van der Waals surface area contributed by atoms with Crippen LogP contribution in [-0.2, 0) is 0 Å². The van der Waals surface area contributed by atoms with Crippen molar-refractivity contribution in [3.63, 3.8) is 0 Å². The third-order valence-electron chi connectivity index (χ3n) is 1.83. The van der Waals surface area contributed by atoms with E-state index in [1.165, 1.54) is 0 Å². The second kappa shape index (κ2) is 7.47. The van der Waals surface area contributed by atoms with Crippen molar-refractivity contribution in [2.24, 2.45) is 0 Å². The van der Waals surface area contributed by atoms with E-state index in [-0.39, 0.29) is 0 Å². The summed E-state index contributed by atoms with van der Waals surface area (Å²) in [5.41, 5.74) is 0. The molecule has 1 aliphatic carbocycles. The zero-order valence-electron chi connectivity index (χ0n) is 10.2. The van der Waals surface area contributed by atoms with E-state index in [0.29, 0.717) is 0 Å². The molecule has 0 amide bonds. The standard InChI is InChI=1S/C6H6Cl6.C4H12N/c7-1-2(8)4(10)6(12)5(11)3(1)9;1-5(2,3)4/h1-6H;1-4H3/q;+1. The van der Waals surface area contributed by atoms with Crippen molar-refractivity contribution in [3.05, 3.63) is 0 Å². The van der Waals surface area contributed by atoms with Gasteiger partial charge in [-0.3, -0.25) is 0 Å². The van der Waals surface area contributed by atoms with Gasteiger partial charge >= 0.3 is 0 Å². The van der Waals surface area contributed by atoms with Crippen LogP contribution in [0.2, 0.25) is 0 Å². The molecule has 1 saturated carbocycles. The first-order chi connectivity index (χ1) is 7.46. The summed E-state index contributed by atoms with van der Waals surface area (Å²) in [6.45, 7) is 0. The molecule has 104 valence electrons. The minimum absolute atomic E-state index is 0.437. The Balaban J connectivity index is 0.000000437. The summed E-state index contributed by atoms with van der Waals surface area (Å²) < 4.78 is 1.00. The molecule has 0 bridgehead atoms. The van der Waals surface area contributed by atoms with Crippen molar-refractivity contribution in [2.45, 2.75) is 32.3 Å². The molecular weight excluding hydrogens is 347 g/mol. The van der Waals surface area contributed by atoms with Crippen LogP contribution < -0.4 is 0 Å². The number of hydrogen-bond donors (Lipinski definition) is 0. The average Bonchev–Trinajstić information content (AvgIpc) is 2.18. The van der Waals surface area contributed by atoms with E-state index < -0.39 is 32.3 Å². The van der Waals surface area contributed by atoms with Crippen LogP contribution in [0.3, 0.4) is 0 Å². The molecule has 0 saturated heterocycles. The maximum atomic E-state index is 5.88. The summed E-state index contributed by atoms with van der Waals surface area (Å²) in [4.78, 5) is 0. The van der Waals surface area contributed by atoms with Crippen molar-refractivity contribution >= 4 is 69.6 Å². The molecule has 1 fully saturated rings. The van der Waals surface area contributed by atoms with Gasteiger partial charge in [-0.1, -0.05) is 0 Å². The highest BCUT2D eigenvalue weighted by Crippen LogP contribution is 2.39. The monoisotopic (exact) mass is 362 g/mol. The lowest BCUT2D eigenvalue weighted by Gasteiger charge is -2.37. The predicted molar refractivity (Wildman–Crippen MR) is 81.8 cm³/mol. The van der Waals surface area contributed by atoms with Gasteiger partial charge in [-0.25, -0.2) is 0 Å². The van der Waals surface area contributed by atoms with Gasteiger partial charge in [-0.2, -0.15) is 0 Å². The average molecular weight is 365 g/mol. The fourth-order valence-electron chi connectivity index (χ4n) is 1.05. The minimum atomic E-state index is -0.437. The van der Waals surface area contributed by atoms with Gasteiger partial charge in [0.2, 0.25) is 0 Å². The molecule has 0 aromatic carbocycles. The highest BCUT2D eigenvalue weighted by Gasteiger charge is 2.46. The molecule has 1 nitrogen and oxygen atoms in total. The highest BCUT2D eigenvalue weighted by atomic mass is 35.5. The fraction of sp³-hybridized carbons (Fsp3) is 1.00. The topological polar surface area (TPSA) is 0 Å². The van der Waals surface area contributed by atoms with Gasteiger partial charge in [-0.15, -0.1) is 69.6 Å². The highest BCUT2D eigenvalue weighted by molar-refractivity contribution is 6.45. The largest absolute Gasteiger partial charge is 0.333 e. The lowest BCUT2D eigenvalue weighted by atomic mass is 9.97. The summed E-state index contributed by atoms with van der Waals surface area (Å²) in [6, 6.07) is 0. The molecule has 0 spiro atoms. The van der Waals surface area contributed by atoms with E-state index >= 15 is 0 Å². The van der Waals surface area contributed by atoms with Crippen LogP contribution >= 0.6 is 69.6 Å². The molecular formula is C10H18Cl6N+. The quantitative estimate of drug-likeness (QED) is 0.450. The second-order valence-electron chi connectivity index (χ2n) is 5.35. The summed E-state index contributed by atoms with van der Waals surface area (Å²) in [5.74, 6) is 0. The van der Waals surface area contributed by atoms with Crippen molar-refractivity contribution in [2.75, 3.05) is 28.2 Å². The Morgan fingerprint density at radius 3 is 0.588 bits per heavy atom. The van der Waals surface area contributed by atoms with Crippen LogP contribution in [-0.4, -0.2) is 64.9 Å². The maximum absolute atomic E-state index is 5.88. The molecule has 0 heterocycles. The summed E-state index contributed by atoms with van der Waals surface area (Å²) >= 11 is 35.3. The molecule has 0 atom stereocenters. The Bertz CT molecular complexity index is 167. The molecule has 1 aliphatic rings. The molecule has 0 unspecified atom stereocenters. The fourth-order valence-corrected chi connectivity index (χ4v) is 3.38. The van der Waals surface area contributed by atoms with E-state index in [9.17, 15) is 0 Å². The van der Waals surface area contributed by atoms with Crippen molar-refractivity contribution < 1.29 is 4.48 Å². The molecule has 0 radical (unpaired) electrons. The van der Waals surface area contributed by atoms with Gasteiger partial charge in [0.25, 0.3) is 0 Å². The van der Waals surface area contributed by atoms with Gasteiger partial charge in [0.15, 0.2) is 0 Å². The van der Waals surface area contributed by atoms with Crippen LogP contribution in [0.4, 0.5) is 0 Å². The summed E-state index contributed by atoms with van der Waals surface area (Å²) in [6.07, 6.45) is 0. The first-order valence-corrected chi connectivity index (χ1v) is 7.72. The molecule has 17 heavy (non-hydrogen) atoms. The summed E-state index contributed by atoms with van der Waals surface area (Å²) in [7, 11) is 8.50. The zero-order chi connectivity index (χ0) is 14.0. The van der Waals surface area contributed by atoms with Crippen molar-refractivity contribution in [3.8, 4) is 0 Å². The molecule has 7 heteroatoms. The van der Waals surface area contributed by atoms with Gasteiger partial charge in [0.1, 0.15) is 0 Å². The number of halogens is 6. The number of nitrogens with zero attached hydrogens (tertiary/aromatic N) is 1. The zero-order valence-corrected chi connectivity index (χ0v) is 14.7. The molecule has 1 rings (SSSR count). The van der Waals surface area contributed by atoms with E-state index in [1.54, 1.807) is 0 Å². The van der Waals surface area contributed by atoms with E-state index in [1.807, 2.05) is 0 Å². The smallest absolute Gasteiger partial charge is 0.0693 e. The summed E-state index contributed by atoms with van der Waals surface area (Å²) in [5, 5.41) is -2.62. The first-order valence-electron chi connectivity index (χ1n) is 5.10. The normalized spacial score (nSPS) is 42.7. The SMILES string of the molecule is C[N+](C)(C)C.ClC1C(Cl)C(Cl)C(Cl)C(Cl)C1Cl. The Morgan fingerprint density at radius 1 is 0.471 bits per heavy atom. The Hall–Kier alpha value is 1.70.